The minimum Gasteiger partial charge on any atom is -0.381 e. The first-order valence-corrected chi connectivity index (χ1v) is 6.78. The Labute approximate surface area is 113 Å². The summed E-state index contributed by atoms with van der Waals surface area (Å²) in [6, 6.07) is 11.5. The molecule has 0 aliphatic carbocycles. The van der Waals surface area contributed by atoms with Crippen molar-refractivity contribution in [2.75, 3.05) is 13.2 Å². The Hall–Kier alpha value is -1.74. The molecule has 0 saturated heterocycles. The van der Waals surface area contributed by atoms with Crippen LogP contribution < -0.4 is 0 Å². The second-order valence-electron chi connectivity index (χ2n) is 4.53. The van der Waals surface area contributed by atoms with Gasteiger partial charge < -0.3 is 4.74 Å². The molecule has 19 heavy (non-hydrogen) atoms. The minimum absolute atomic E-state index is 0.0438. The summed E-state index contributed by atoms with van der Waals surface area (Å²) in [5, 5.41) is 1.05. The number of ketones is 1. The average molecular weight is 257 g/mol. The maximum absolute atomic E-state index is 12.0. The molecule has 2 rings (SSSR count). The van der Waals surface area contributed by atoms with Gasteiger partial charge in [0, 0.05) is 18.4 Å². The van der Waals surface area contributed by atoms with Crippen LogP contribution in [0.2, 0.25) is 0 Å². The van der Waals surface area contributed by atoms with Gasteiger partial charge in [-0.2, -0.15) is 0 Å². The predicted molar refractivity (Wildman–Crippen MR) is 76.4 cm³/mol. The molecule has 0 radical (unpaired) electrons. The Morgan fingerprint density at radius 2 is 2.00 bits per heavy atom. The van der Waals surface area contributed by atoms with E-state index in [0.29, 0.717) is 18.7 Å². The molecule has 3 nitrogen and oxygen atoms in total. The number of hydrogen-bond donors (Lipinski definition) is 0. The molecule has 0 aliphatic heterocycles. The lowest BCUT2D eigenvalue weighted by atomic mass is 10.1. The zero-order chi connectivity index (χ0) is 13.5. The van der Waals surface area contributed by atoms with E-state index in [4.69, 9.17) is 4.74 Å². The van der Waals surface area contributed by atoms with E-state index in [-0.39, 0.29) is 5.78 Å². The highest BCUT2D eigenvalue weighted by Gasteiger charge is 2.08. The number of hydrogen-bond acceptors (Lipinski definition) is 3. The summed E-state index contributed by atoms with van der Waals surface area (Å²) < 4.78 is 5.41. The SMILES string of the molecule is CCCCOCCC(=O)c1ccc2ccccc2n1. The predicted octanol–water partition coefficient (Wildman–Crippen LogP) is 3.62. The molecule has 3 heteroatoms. The molecule has 0 N–H and O–H groups in total. The Balaban J connectivity index is 1.93. The van der Waals surface area contributed by atoms with Gasteiger partial charge in [-0.15, -0.1) is 0 Å². The second-order valence-corrected chi connectivity index (χ2v) is 4.53. The van der Waals surface area contributed by atoms with Crippen LogP contribution in [-0.2, 0) is 4.74 Å². The number of para-hydroxylation sites is 1. The van der Waals surface area contributed by atoms with Crippen molar-refractivity contribution in [3.8, 4) is 0 Å². The van der Waals surface area contributed by atoms with E-state index >= 15 is 0 Å². The number of aromatic nitrogens is 1. The van der Waals surface area contributed by atoms with Gasteiger partial charge in [-0.3, -0.25) is 4.79 Å². The summed E-state index contributed by atoms with van der Waals surface area (Å²) in [7, 11) is 0. The van der Waals surface area contributed by atoms with Gasteiger partial charge in [-0.05, 0) is 18.6 Å². The summed E-state index contributed by atoms with van der Waals surface area (Å²) >= 11 is 0. The first-order chi connectivity index (χ1) is 9.31. The standard InChI is InChI=1S/C16H19NO2/c1-2-3-11-19-12-10-16(18)15-9-8-13-6-4-5-7-14(13)17-15/h4-9H,2-3,10-12H2,1H3. The van der Waals surface area contributed by atoms with Gasteiger partial charge in [0.05, 0.1) is 12.1 Å². The van der Waals surface area contributed by atoms with Crippen LogP contribution in [0.25, 0.3) is 10.9 Å². The third-order valence-corrected chi connectivity index (χ3v) is 3.00. The van der Waals surface area contributed by atoms with Gasteiger partial charge >= 0.3 is 0 Å². The van der Waals surface area contributed by atoms with Crippen LogP contribution in [0, 0.1) is 0 Å². The molecule has 1 heterocycles. The number of unbranched alkanes of at least 4 members (excludes halogenated alkanes) is 1. The molecule has 0 saturated carbocycles. The summed E-state index contributed by atoms with van der Waals surface area (Å²) in [5.74, 6) is 0.0438. The lowest BCUT2D eigenvalue weighted by molar-refractivity contribution is 0.0869. The number of pyridine rings is 1. The highest BCUT2D eigenvalue weighted by atomic mass is 16.5. The van der Waals surface area contributed by atoms with Crippen LogP contribution in [0.4, 0.5) is 0 Å². The van der Waals surface area contributed by atoms with Crippen molar-refractivity contribution in [3.05, 3.63) is 42.1 Å². The number of rotatable bonds is 7. The molecule has 0 aliphatic rings. The van der Waals surface area contributed by atoms with Gasteiger partial charge in [-0.1, -0.05) is 37.6 Å². The Kier molecular flexibility index (Phi) is 5.04. The smallest absolute Gasteiger partial charge is 0.183 e. The quantitative estimate of drug-likeness (QED) is 0.561. The van der Waals surface area contributed by atoms with E-state index in [9.17, 15) is 4.79 Å². The van der Waals surface area contributed by atoms with Crippen LogP contribution in [0.1, 0.15) is 36.7 Å². The molecule has 2 aromatic rings. The van der Waals surface area contributed by atoms with Crippen molar-refractivity contribution >= 4 is 16.7 Å². The Morgan fingerprint density at radius 3 is 2.84 bits per heavy atom. The second kappa shape index (κ2) is 7.00. The molecule has 1 aromatic carbocycles. The molecule has 0 fully saturated rings. The van der Waals surface area contributed by atoms with Crippen LogP contribution in [-0.4, -0.2) is 24.0 Å². The van der Waals surface area contributed by atoms with E-state index < -0.39 is 0 Å². The fourth-order valence-electron chi connectivity index (χ4n) is 1.86. The van der Waals surface area contributed by atoms with Crippen LogP contribution >= 0.6 is 0 Å². The molecular formula is C16H19NO2. The normalized spacial score (nSPS) is 10.8. The summed E-state index contributed by atoms with van der Waals surface area (Å²) in [6.45, 7) is 3.33. The zero-order valence-electron chi connectivity index (χ0n) is 11.3. The highest BCUT2D eigenvalue weighted by molar-refractivity contribution is 5.96. The number of ether oxygens (including phenoxy) is 1. The first kappa shape index (κ1) is 13.7. The molecule has 0 bridgehead atoms. The lowest BCUT2D eigenvalue weighted by Gasteiger charge is -2.04. The van der Waals surface area contributed by atoms with Crippen LogP contribution in [0.15, 0.2) is 36.4 Å². The summed E-state index contributed by atoms with van der Waals surface area (Å²) in [4.78, 5) is 16.4. The van der Waals surface area contributed by atoms with Crippen molar-refractivity contribution in [3.63, 3.8) is 0 Å². The summed E-state index contributed by atoms with van der Waals surface area (Å²) in [5.41, 5.74) is 1.39. The lowest BCUT2D eigenvalue weighted by Crippen LogP contribution is -2.07. The number of carbonyl (C=O) groups excluding carboxylic acids is 1. The van der Waals surface area contributed by atoms with E-state index in [1.165, 1.54) is 0 Å². The number of nitrogens with zero attached hydrogens (tertiary/aromatic N) is 1. The third-order valence-electron chi connectivity index (χ3n) is 3.00. The van der Waals surface area contributed by atoms with Gasteiger partial charge in [-0.25, -0.2) is 4.98 Å². The molecule has 0 amide bonds. The molecule has 0 atom stereocenters. The van der Waals surface area contributed by atoms with Crippen molar-refractivity contribution in [2.45, 2.75) is 26.2 Å². The molecule has 1 aromatic heterocycles. The molecule has 0 unspecified atom stereocenters. The first-order valence-electron chi connectivity index (χ1n) is 6.78. The fourth-order valence-corrected chi connectivity index (χ4v) is 1.86. The average Bonchev–Trinajstić information content (AvgIpc) is 2.46. The minimum atomic E-state index is 0.0438. The van der Waals surface area contributed by atoms with E-state index in [0.717, 1.165) is 30.4 Å². The van der Waals surface area contributed by atoms with Gasteiger partial charge in [0.15, 0.2) is 5.78 Å². The van der Waals surface area contributed by atoms with Crippen LogP contribution in [0.3, 0.4) is 0 Å². The number of carbonyl (C=O) groups is 1. The van der Waals surface area contributed by atoms with Crippen molar-refractivity contribution < 1.29 is 9.53 Å². The maximum atomic E-state index is 12.0. The van der Waals surface area contributed by atoms with E-state index in [2.05, 4.69) is 11.9 Å². The Bertz CT molecular complexity index is 551. The highest BCUT2D eigenvalue weighted by Crippen LogP contribution is 2.12. The molecule has 0 spiro atoms. The van der Waals surface area contributed by atoms with Gasteiger partial charge in [0.1, 0.15) is 5.69 Å². The van der Waals surface area contributed by atoms with Gasteiger partial charge in [0.25, 0.3) is 0 Å². The fraction of sp³-hybridized carbons (Fsp3) is 0.375. The topological polar surface area (TPSA) is 39.2 Å². The largest absolute Gasteiger partial charge is 0.381 e. The van der Waals surface area contributed by atoms with Crippen molar-refractivity contribution in [1.29, 1.82) is 0 Å². The third kappa shape index (κ3) is 3.86. The van der Waals surface area contributed by atoms with Crippen LogP contribution in [0.5, 0.6) is 0 Å². The van der Waals surface area contributed by atoms with E-state index in [1.54, 1.807) is 6.07 Å². The van der Waals surface area contributed by atoms with Crippen molar-refractivity contribution in [1.82, 2.24) is 4.98 Å². The van der Waals surface area contributed by atoms with Crippen molar-refractivity contribution in [2.24, 2.45) is 0 Å². The molecule has 100 valence electrons. The zero-order valence-corrected chi connectivity index (χ0v) is 11.3. The van der Waals surface area contributed by atoms with E-state index in [1.807, 2.05) is 30.3 Å². The summed E-state index contributed by atoms with van der Waals surface area (Å²) in [6.07, 6.45) is 2.55. The number of Topliss-reactive ketones (excluding diaryl/α,β-unsaturated/α-hetero) is 1. The monoisotopic (exact) mass is 257 g/mol. The number of fused-ring (bicyclic) bond motifs is 1. The maximum Gasteiger partial charge on any atom is 0.183 e. The van der Waals surface area contributed by atoms with Gasteiger partial charge in [0.2, 0.25) is 0 Å². The molecular weight excluding hydrogens is 238 g/mol. The Morgan fingerprint density at radius 1 is 1.16 bits per heavy atom. The number of benzene rings is 1.